The van der Waals surface area contributed by atoms with Crippen molar-refractivity contribution in [3.05, 3.63) is 0 Å². The molecular weight excluding hydrogens is 138 g/mol. The van der Waals surface area contributed by atoms with Gasteiger partial charge < -0.3 is 10.0 Å². The van der Waals surface area contributed by atoms with Gasteiger partial charge in [0.05, 0.1) is 6.61 Å². The topological polar surface area (TPSA) is 23.5 Å². The highest BCUT2D eigenvalue weighted by atomic mass is 16.3. The van der Waals surface area contributed by atoms with Crippen LogP contribution in [0.4, 0.5) is 0 Å². The van der Waals surface area contributed by atoms with Gasteiger partial charge in [-0.15, -0.1) is 0 Å². The molecule has 1 saturated heterocycles. The Hall–Kier alpha value is -0.0800. The van der Waals surface area contributed by atoms with E-state index in [4.69, 9.17) is 5.11 Å². The number of rotatable bonds is 2. The minimum Gasteiger partial charge on any atom is -0.395 e. The van der Waals surface area contributed by atoms with Gasteiger partial charge in [-0.3, -0.25) is 0 Å². The summed E-state index contributed by atoms with van der Waals surface area (Å²) in [6.45, 7) is 3.70. The molecule has 0 aromatic rings. The summed E-state index contributed by atoms with van der Waals surface area (Å²) < 4.78 is 0. The average Bonchev–Trinajstić information content (AvgIpc) is 1.96. The van der Waals surface area contributed by atoms with Crippen LogP contribution in [0.15, 0.2) is 0 Å². The highest BCUT2D eigenvalue weighted by Gasteiger charge is 2.35. The standard InChI is InChI=1S/C9H17NO/c11-6-5-10-4-3-8-1-2-9(8)7-10/h8-9,11H,1-7H2. The van der Waals surface area contributed by atoms with E-state index in [0.29, 0.717) is 6.61 Å². The van der Waals surface area contributed by atoms with E-state index < -0.39 is 0 Å². The molecule has 2 atom stereocenters. The van der Waals surface area contributed by atoms with Crippen LogP contribution in [0.1, 0.15) is 19.3 Å². The first-order chi connectivity index (χ1) is 5.40. The van der Waals surface area contributed by atoms with Crippen molar-refractivity contribution in [3.8, 4) is 0 Å². The number of β-amino-alcohol motifs (C(OH)–C–C–N with tert-alkyl or cyclic N) is 1. The zero-order valence-electron chi connectivity index (χ0n) is 7.00. The Morgan fingerprint density at radius 1 is 1.18 bits per heavy atom. The van der Waals surface area contributed by atoms with Gasteiger partial charge in [0.1, 0.15) is 0 Å². The highest BCUT2D eigenvalue weighted by Crippen LogP contribution is 2.40. The minimum absolute atomic E-state index is 0.331. The molecule has 1 N–H and O–H groups in total. The van der Waals surface area contributed by atoms with Gasteiger partial charge in [0.2, 0.25) is 0 Å². The Labute approximate surface area is 68.2 Å². The summed E-state index contributed by atoms with van der Waals surface area (Å²) in [6, 6.07) is 0. The van der Waals surface area contributed by atoms with E-state index in [2.05, 4.69) is 4.90 Å². The van der Waals surface area contributed by atoms with Crippen LogP contribution in [0.25, 0.3) is 0 Å². The van der Waals surface area contributed by atoms with Crippen molar-refractivity contribution in [1.29, 1.82) is 0 Å². The van der Waals surface area contributed by atoms with E-state index in [1.807, 2.05) is 0 Å². The van der Waals surface area contributed by atoms with E-state index in [0.717, 1.165) is 18.4 Å². The first-order valence-electron chi connectivity index (χ1n) is 4.73. The number of likely N-dealkylation sites (tertiary alicyclic amines) is 1. The lowest BCUT2D eigenvalue weighted by Gasteiger charge is -2.45. The third-order valence-electron chi connectivity index (χ3n) is 3.30. The lowest BCUT2D eigenvalue weighted by Crippen LogP contribution is -2.45. The van der Waals surface area contributed by atoms with Gasteiger partial charge in [-0.05, 0) is 37.6 Å². The van der Waals surface area contributed by atoms with Crippen LogP contribution >= 0.6 is 0 Å². The zero-order chi connectivity index (χ0) is 7.68. The van der Waals surface area contributed by atoms with Crippen LogP contribution in [0, 0.1) is 11.8 Å². The molecule has 0 aromatic heterocycles. The first-order valence-corrected chi connectivity index (χ1v) is 4.73. The van der Waals surface area contributed by atoms with E-state index in [9.17, 15) is 0 Å². The zero-order valence-corrected chi connectivity index (χ0v) is 7.00. The second-order valence-corrected chi connectivity index (χ2v) is 3.91. The first kappa shape index (κ1) is 7.56. The molecule has 11 heavy (non-hydrogen) atoms. The maximum atomic E-state index is 8.75. The minimum atomic E-state index is 0.331. The van der Waals surface area contributed by atoms with Crippen molar-refractivity contribution >= 4 is 0 Å². The van der Waals surface area contributed by atoms with E-state index >= 15 is 0 Å². The van der Waals surface area contributed by atoms with Crippen LogP contribution in [-0.2, 0) is 0 Å². The molecule has 1 saturated carbocycles. The van der Waals surface area contributed by atoms with Crippen LogP contribution in [0.3, 0.4) is 0 Å². The van der Waals surface area contributed by atoms with Crippen molar-refractivity contribution in [2.75, 3.05) is 26.2 Å². The monoisotopic (exact) mass is 155 g/mol. The van der Waals surface area contributed by atoms with E-state index in [1.54, 1.807) is 0 Å². The third-order valence-corrected chi connectivity index (χ3v) is 3.30. The van der Waals surface area contributed by atoms with Gasteiger partial charge in [-0.2, -0.15) is 0 Å². The third kappa shape index (κ3) is 1.42. The van der Waals surface area contributed by atoms with Crippen LogP contribution in [0.2, 0.25) is 0 Å². The van der Waals surface area contributed by atoms with Gasteiger partial charge in [0.15, 0.2) is 0 Å². The summed E-state index contributed by atoms with van der Waals surface area (Å²) in [5.41, 5.74) is 0. The van der Waals surface area contributed by atoms with E-state index in [-0.39, 0.29) is 0 Å². The fraction of sp³-hybridized carbons (Fsp3) is 1.00. The Morgan fingerprint density at radius 2 is 2.00 bits per heavy atom. The van der Waals surface area contributed by atoms with Crippen molar-refractivity contribution < 1.29 is 5.11 Å². The molecule has 2 rings (SSSR count). The summed E-state index contributed by atoms with van der Waals surface area (Å²) in [6.07, 6.45) is 4.29. The maximum Gasteiger partial charge on any atom is 0.0558 e. The number of nitrogens with zero attached hydrogens (tertiary/aromatic N) is 1. The molecule has 1 heterocycles. The van der Waals surface area contributed by atoms with Crippen molar-refractivity contribution in [2.45, 2.75) is 19.3 Å². The second-order valence-electron chi connectivity index (χ2n) is 3.91. The number of hydrogen-bond acceptors (Lipinski definition) is 2. The van der Waals surface area contributed by atoms with Crippen molar-refractivity contribution in [2.24, 2.45) is 11.8 Å². The van der Waals surface area contributed by atoms with Gasteiger partial charge in [0.25, 0.3) is 0 Å². The quantitative estimate of drug-likeness (QED) is 0.635. The second kappa shape index (κ2) is 3.11. The number of aliphatic hydroxyl groups is 1. The van der Waals surface area contributed by atoms with Gasteiger partial charge in [-0.25, -0.2) is 0 Å². The Bertz CT molecular complexity index is 138. The molecule has 2 nitrogen and oxygen atoms in total. The molecule has 1 aliphatic heterocycles. The summed E-state index contributed by atoms with van der Waals surface area (Å²) in [7, 11) is 0. The Kier molecular flexibility index (Phi) is 2.14. The molecule has 2 fully saturated rings. The van der Waals surface area contributed by atoms with Crippen molar-refractivity contribution in [3.63, 3.8) is 0 Å². The molecule has 0 spiro atoms. The molecule has 64 valence electrons. The number of aliphatic hydroxyl groups excluding tert-OH is 1. The highest BCUT2D eigenvalue weighted by molar-refractivity contribution is 4.87. The largest absolute Gasteiger partial charge is 0.395 e. The molecule has 0 aromatic carbocycles. The number of piperidine rings is 1. The Balaban J connectivity index is 1.79. The SMILES string of the molecule is OCCN1CCC2CCC2C1. The summed E-state index contributed by atoms with van der Waals surface area (Å²) in [4.78, 5) is 2.40. The predicted octanol–water partition coefficient (Wildman–Crippen LogP) is 0.711. The lowest BCUT2D eigenvalue weighted by molar-refractivity contribution is 0.0380. The normalized spacial score (nSPS) is 37.9. The summed E-state index contributed by atoms with van der Waals surface area (Å²) in [5, 5.41) is 8.75. The van der Waals surface area contributed by atoms with Crippen LogP contribution in [-0.4, -0.2) is 36.2 Å². The fourth-order valence-corrected chi connectivity index (χ4v) is 2.37. The fourth-order valence-electron chi connectivity index (χ4n) is 2.37. The van der Waals surface area contributed by atoms with Crippen LogP contribution in [0.5, 0.6) is 0 Å². The molecule has 1 aliphatic carbocycles. The molecule has 2 heteroatoms. The predicted molar refractivity (Wildman–Crippen MR) is 44.4 cm³/mol. The van der Waals surface area contributed by atoms with E-state index in [1.165, 1.54) is 32.4 Å². The Morgan fingerprint density at radius 3 is 2.55 bits per heavy atom. The number of fused-ring (bicyclic) bond motifs is 1. The van der Waals surface area contributed by atoms with Gasteiger partial charge >= 0.3 is 0 Å². The number of hydrogen-bond donors (Lipinski definition) is 1. The smallest absolute Gasteiger partial charge is 0.0558 e. The molecule has 2 aliphatic rings. The molecule has 2 unspecified atom stereocenters. The summed E-state index contributed by atoms with van der Waals surface area (Å²) >= 11 is 0. The summed E-state index contributed by atoms with van der Waals surface area (Å²) in [5.74, 6) is 2.03. The molecule has 0 radical (unpaired) electrons. The van der Waals surface area contributed by atoms with Crippen molar-refractivity contribution in [1.82, 2.24) is 4.90 Å². The molecule has 0 bridgehead atoms. The average molecular weight is 155 g/mol. The molecular formula is C9H17NO. The maximum absolute atomic E-state index is 8.75. The lowest BCUT2D eigenvalue weighted by atomic mass is 9.69. The molecule has 0 amide bonds. The van der Waals surface area contributed by atoms with Crippen LogP contribution < -0.4 is 0 Å². The van der Waals surface area contributed by atoms with Gasteiger partial charge in [-0.1, -0.05) is 0 Å². The van der Waals surface area contributed by atoms with Gasteiger partial charge in [0, 0.05) is 13.1 Å².